The van der Waals surface area contributed by atoms with Crippen molar-refractivity contribution in [3.05, 3.63) is 12.1 Å². The van der Waals surface area contributed by atoms with Crippen LogP contribution in [0.25, 0.3) is 0 Å². The van der Waals surface area contributed by atoms with E-state index in [4.69, 9.17) is 14.6 Å². The van der Waals surface area contributed by atoms with Gasteiger partial charge in [-0.2, -0.15) is 14.4 Å². The molecule has 2 amide bonds. The Kier molecular flexibility index (Phi) is 5.94. The molecule has 0 unspecified atom stereocenters. The molecule has 0 saturated carbocycles. The fourth-order valence-electron chi connectivity index (χ4n) is 1.65. The second kappa shape index (κ2) is 7.16. The van der Waals surface area contributed by atoms with E-state index in [0.29, 0.717) is 4.90 Å². The number of amides is 2. The third-order valence-corrected chi connectivity index (χ3v) is 2.46. The van der Waals surface area contributed by atoms with Crippen molar-refractivity contribution < 1.29 is 28.6 Å². The van der Waals surface area contributed by atoms with Crippen LogP contribution in [0.1, 0.15) is 41.5 Å². The average molecular weight is 345 g/mol. The Morgan fingerprint density at radius 1 is 1.17 bits per heavy atom. The van der Waals surface area contributed by atoms with Crippen LogP contribution in [-0.2, 0) is 16.0 Å². The third kappa shape index (κ3) is 5.48. The number of carbonyl (C=O) groups is 2. The molecule has 1 heterocycles. The number of carbonyl (C=O) groups excluding carboxylic acids is 2. The summed E-state index contributed by atoms with van der Waals surface area (Å²) in [7, 11) is 0. The zero-order valence-electron chi connectivity index (χ0n) is 14.8. The van der Waals surface area contributed by atoms with Crippen molar-refractivity contribution in [1.29, 1.82) is 0 Å². The van der Waals surface area contributed by atoms with E-state index in [2.05, 4.69) is 5.10 Å². The van der Waals surface area contributed by atoms with E-state index in [1.54, 1.807) is 41.5 Å². The van der Waals surface area contributed by atoms with E-state index in [1.807, 2.05) is 0 Å². The predicted octanol–water partition coefficient (Wildman–Crippen LogP) is 2.69. The van der Waals surface area contributed by atoms with Crippen LogP contribution in [0.5, 0.6) is 0 Å². The number of aromatic nitrogens is 2. The summed E-state index contributed by atoms with van der Waals surface area (Å²) < 4.78 is 25.5. The van der Waals surface area contributed by atoms with Crippen LogP contribution in [0.15, 0.2) is 6.20 Å². The molecule has 0 aliphatic rings. The van der Waals surface area contributed by atoms with Crippen LogP contribution in [-0.4, -0.2) is 44.9 Å². The summed E-state index contributed by atoms with van der Waals surface area (Å²) >= 11 is 0. The molecule has 0 aromatic carbocycles. The second-order valence-electron chi connectivity index (χ2n) is 7.06. The third-order valence-electron chi connectivity index (χ3n) is 2.46. The van der Waals surface area contributed by atoms with Crippen molar-refractivity contribution in [1.82, 2.24) is 9.78 Å². The van der Waals surface area contributed by atoms with E-state index in [0.717, 1.165) is 10.9 Å². The maximum absolute atomic E-state index is 14.4. The Morgan fingerprint density at radius 2 is 1.62 bits per heavy atom. The summed E-state index contributed by atoms with van der Waals surface area (Å²) in [5.41, 5.74) is -2.20. The number of halogens is 1. The van der Waals surface area contributed by atoms with Crippen molar-refractivity contribution in [3.63, 3.8) is 0 Å². The van der Waals surface area contributed by atoms with E-state index in [1.165, 1.54) is 0 Å². The summed E-state index contributed by atoms with van der Waals surface area (Å²) in [4.78, 5) is 25.2. The topological polar surface area (TPSA) is 93.9 Å². The second-order valence-corrected chi connectivity index (χ2v) is 7.06. The van der Waals surface area contributed by atoms with Gasteiger partial charge in [0.25, 0.3) is 0 Å². The number of hydrogen-bond donors (Lipinski definition) is 1. The van der Waals surface area contributed by atoms with Crippen LogP contribution < -0.4 is 4.90 Å². The first kappa shape index (κ1) is 19.9. The Hall–Kier alpha value is -2.16. The molecular formula is C15H24FN3O5. The summed E-state index contributed by atoms with van der Waals surface area (Å²) in [6.45, 7) is 9.22. The molecule has 8 nitrogen and oxygen atoms in total. The largest absolute Gasteiger partial charge is 0.443 e. The Bertz CT molecular complexity index is 573. The van der Waals surface area contributed by atoms with Crippen LogP contribution in [0.3, 0.4) is 0 Å². The summed E-state index contributed by atoms with van der Waals surface area (Å²) in [6.07, 6.45) is -1.17. The minimum atomic E-state index is -1.08. The molecule has 24 heavy (non-hydrogen) atoms. The van der Waals surface area contributed by atoms with Crippen molar-refractivity contribution >= 4 is 17.9 Å². The van der Waals surface area contributed by atoms with Gasteiger partial charge in [-0.3, -0.25) is 0 Å². The molecule has 0 aliphatic carbocycles. The lowest BCUT2D eigenvalue weighted by Gasteiger charge is -2.27. The Balaban J connectivity index is 3.23. The standard InChI is InChI=1S/C15H24FN3O5/c1-14(2,3)23-12(21)19(13(22)24-15(4,5)6)10-9-17-18(7-8-20)11(10)16/h9,20H,7-8H2,1-6H3. The number of anilines is 1. The molecule has 0 atom stereocenters. The van der Waals surface area contributed by atoms with Gasteiger partial charge in [0.2, 0.25) is 5.95 Å². The Labute approximate surface area is 140 Å². The van der Waals surface area contributed by atoms with Crippen LogP contribution >= 0.6 is 0 Å². The number of aliphatic hydroxyl groups excluding tert-OH is 1. The molecule has 0 fully saturated rings. The van der Waals surface area contributed by atoms with Crippen molar-refractivity contribution in [3.8, 4) is 0 Å². The lowest BCUT2D eigenvalue weighted by Crippen LogP contribution is -2.44. The minimum Gasteiger partial charge on any atom is -0.443 e. The molecule has 1 aromatic heterocycles. The van der Waals surface area contributed by atoms with E-state index >= 15 is 0 Å². The molecule has 9 heteroatoms. The van der Waals surface area contributed by atoms with Gasteiger partial charge in [0, 0.05) is 0 Å². The Morgan fingerprint density at radius 3 is 2.00 bits per heavy atom. The number of ether oxygens (including phenoxy) is 2. The smallest absolute Gasteiger partial charge is 0.424 e. The van der Waals surface area contributed by atoms with Gasteiger partial charge in [0.1, 0.15) is 16.9 Å². The zero-order valence-corrected chi connectivity index (χ0v) is 14.8. The van der Waals surface area contributed by atoms with Crippen molar-refractivity contribution in [2.24, 2.45) is 0 Å². The van der Waals surface area contributed by atoms with Gasteiger partial charge in [-0.05, 0) is 41.5 Å². The zero-order chi connectivity index (χ0) is 18.7. The molecule has 1 aromatic rings. The molecule has 0 radical (unpaired) electrons. The quantitative estimate of drug-likeness (QED) is 0.905. The van der Waals surface area contributed by atoms with Gasteiger partial charge in [-0.25, -0.2) is 14.3 Å². The number of rotatable bonds is 3. The van der Waals surface area contributed by atoms with E-state index in [-0.39, 0.29) is 13.2 Å². The number of nitrogens with zero attached hydrogens (tertiary/aromatic N) is 3. The fraction of sp³-hybridized carbons (Fsp3) is 0.667. The van der Waals surface area contributed by atoms with Crippen LogP contribution in [0, 0.1) is 5.95 Å². The highest BCUT2D eigenvalue weighted by Crippen LogP contribution is 2.24. The van der Waals surface area contributed by atoms with Gasteiger partial charge in [-0.15, -0.1) is 0 Å². The van der Waals surface area contributed by atoms with Gasteiger partial charge < -0.3 is 14.6 Å². The van der Waals surface area contributed by atoms with Gasteiger partial charge in [0.15, 0.2) is 0 Å². The molecule has 1 N–H and O–H groups in total. The lowest BCUT2D eigenvalue weighted by atomic mass is 10.2. The molecule has 0 aliphatic heterocycles. The SMILES string of the molecule is CC(C)(C)OC(=O)N(C(=O)OC(C)(C)C)c1cnn(CCO)c1F. The first-order valence-corrected chi connectivity index (χ1v) is 7.44. The normalized spacial score (nSPS) is 12.0. The lowest BCUT2D eigenvalue weighted by molar-refractivity contribution is 0.0428. The summed E-state index contributed by atoms with van der Waals surface area (Å²) in [6, 6.07) is 0. The number of hydrogen-bond acceptors (Lipinski definition) is 6. The average Bonchev–Trinajstić information content (AvgIpc) is 2.68. The van der Waals surface area contributed by atoms with Gasteiger partial charge >= 0.3 is 12.2 Å². The van der Waals surface area contributed by atoms with E-state index in [9.17, 15) is 14.0 Å². The van der Waals surface area contributed by atoms with E-state index < -0.39 is 35.0 Å². The molecular weight excluding hydrogens is 321 g/mol. The number of imide groups is 1. The maximum Gasteiger partial charge on any atom is 0.424 e. The first-order chi connectivity index (χ1) is 10.9. The summed E-state index contributed by atoms with van der Waals surface area (Å²) in [5.74, 6) is -0.958. The minimum absolute atomic E-state index is 0.123. The highest BCUT2D eigenvalue weighted by molar-refractivity contribution is 6.09. The van der Waals surface area contributed by atoms with Crippen LogP contribution in [0.4, 0.5) is 19.7 Å². The molecule has 0 saturated heterocycles. The van der Waals surface area contributed by atoms with Crippen molar-refractivity contribution in [2.75, 3.05) is 11.5 Å². The maximum atomic E-state index is 14.4. The van der Waals surface area contributed by atoms with Gasteiger partial charge in [-0.1, -0.05) is 0 Å². The summed E-state index contributed by atoms with van der Waals surface area (Å²) in [5, 5.41) is 12.6. The highest BCUT2D eigenvalue weighted by Gasteiger charge is 2.35. The number of aliphatic hydroxyl groups is 1. The molecule has 1 rings (SSSR count). The first-order valence-electron chi connectivity index (χ1n) is 7.44. The van der Waals surface area contributed by atoms with Crippen molar-refractivity contribution in [2.45, 2.75) is 59.3 Å². The monoisotopic (exact) mass is 345 g/mol. The molecule has 136 valence electrons. The van der Waals surface area contributed by atoms with Crippen LogP contribution in [0.2, 0.25) is 0 Å². The fourth-order valence-corrected chi connectivity index (χ4v) is 1.65. The molecule has 0 spiro atoms. The predicted molar refractivity (Wildman–Crippen MR) is 84.2 cm³/mol. The van der Waals surface area contributed by atoms with Gasteiger partial charge in [0.05, 0.1) is 19.3 Å². The molecule has 0 bridgehead atoms. The highest BCUT2D eigenvalue weighted by atomic mass is 19.1.